The number of ether oxygens (including phenoxy) is 1. The van der Waals surface area contributed by atoms with Crippen LogP contribution in [0.3, 0.4) is 0 Å². The van der Waals surface area contributed by atoms with Gasteiger partial charge in [0.15, 0.2) is 0 Å². The highest BCUT2D eigenvalue weighted by molar-refractivity contribution is 8.15. The van der Waals surface area contributed by atoms with Crippen molar-refractivity contribution in [2.75, 3.05) is 0 Å². The smallest absolute Gasteiger partial charge is 0.286 e. The Morgan fingerprint density at radius 1 is 1.18 bits per heavy atom. The average molecular weight is 471 g/mol. The van der Waals surface area contributed by atoms with Gasteiger partial charge in [-0.25, -0.2) is 4.98 Å². The molecule has 0 bridgehead atoms. The van der Waals surface area contributed by atoms with Crippen LogP contribution in [0.2, 0.25) is 0 Å². The van der Waals surface area contributed by atoms with Gasteiger partial charge in [-0.05, 0) is 55.2 Å². The molecule has 3 atom stereocenters. The number of hydrogen-bond acceptors (Lipinski definition) is 6. The third kappa shape index (κ3) is 6.07. The van der Waals surface area contributed by atoms with Gasteiger partial charge in [-0.15, -0.1) is 0 Å². The predicted octanol–water partition coefficient (Wildman–Crippen LogP) is 6.23. The number of aryl methyl sites for hydroxylation is 1. The van der Waals surface area contributed by atoms with E-state index in [0.29, 0.717) is 24.3 Å². The summed E-state index contributed by atoms with van der Waals surface area (Å²) in [5, 5.41) is 1.93. The molecule has 1 aromatic carbocycles. The fraction of sp³-hybridized carbons (Fsp3) is 0.577. The average Bonchev–Trinajstić information content (AvgIpc) is 3.38. The third-order valence-corrected chi connectivity index (χ3v) is 7.77. The van der Waals surface area contributed by atoms with Gasteiger partial charge in [0.1, 0.15) is 11.5 Å². The standard InChI is InChI=1S/C26H34N2O4S/c1-4-22-21(27-25(32-22)19-11-9-18(10-12-19)16(2)3)15-31-20-7-5-6-17(14-20)8-13-23-24(29)28-26(30)33-23/h9-12,16-17,20,23H,4-8,13-15H2,1-3H3,(H,28,29,30)/t17?,20-,23?/m0/s1. The summed E-state index contributed by atoms with van der Waals surface area (Å²) in [6.07, 6.45) is 7.03. The van der Waals surface area contributed by atoms with Gasteiger partial charge in [0.2, 0.25) is 11.8 Å². The molecule has 178 valence electrons. The molecular weight excluding hydrogens is 436 g/mol. The van der Waals surface area contributed by atoms with Crippen LogP contribution in [-0.4, -0.2) is 27.5 Å². The maximum atomic E-state index is 11.8. The molecule has 4 rings (SSSR count). The van der Waals surface area contributed by atoms with Crippen LogP contribution in [0.25, 0.3) is 11.5 Å². The lowest BCUT2D eigenvalue weighted by molar-refractivity contribution is -0.119. The van der Waals surface area contributed by atoms with Gasteiger partial charge in [-0.1, -0.05) is 57.5 Å². The number of thioether (sulfide) groups is 1. The Balaban J connectivity index is 1.31. The number of imide groups is 1. The number of carbonyl (C=O) groups is 2. The molecule has 2 aliphatic rings. The molecule has 0 radical (unpaired) electrons. The summed E-state index contributed by atoms with van der Waals surface area (Å²) in [5.41, 5.74) is 3.18. The van der Waals surface area contributed by atoms with Crippen LogP contribution in [-0.2, 0) is 22.6 Å². The molecule has 2 amide bonds. The second-order valence-electron chi connectivity index (χ2n) is 9.45. The first-order valence-electron chi connectivity index (χ1n) is 12.1. The molecule has 1 aliphatic heterocycles. The SMILES string of the molecule is CCc1oc(-c2ccc(C(C)C)cc2)nc1CO[C@H]1CCCC(CCC2SC(=O)NC2=O)C1. The number of oxazole rings is 1. The summed E-state index contributed by atoms with van der Waals surface area (Å²) in [7, 11) is 0. The first kappa shape index (κ1) is 24.0. The van der Waals surface area contributed by atoms with E-state index in [0.717, 1.165) is 73.7 Å². The fourth-order valence-electron chi connectivity index (χ4n) is 4.73. The molecule has 1 aromatic heterocycles. The highest BCUT2D eigenvalue weighted by atomic mass is 32.2. The van der Waals surface area contributed by atoms with Crippen LogP contribution in [0.5, 0.6) is 0 Å². The van der Waals surface area contributed by atoms with Gasteiger partial charge in [0.25, 0.3) is 5.24 Å². The lowest BCUT2D eigenvalue weighted by Crippen LogP contribution is -2.26. The van der Waals surface area contributed by atoms with Crippen molar-refractivity contribution in [3.05, 3.63) is 41.3 Å². The van der Waals surface area contributed by atoms with E-state index < -0.39 is 0 Å². The van der Waals surface area contributed by atoms with Crippen LogP contribution >= 0.6 is 11.8 Å². The molecule has 0 spiro atoms. The molecule has 2 fully saturated rings. The number of hydrogen-bond donors (Lipinski definition) is 1. The molecule has 7 heteroatoms. The molecular formula is C26H34N2O4S. The van der Waals surface area contributed by atoms with Crippen molar-refractivity contribution in [3.63, 3.8) is 0 Å². The topological polar surface area (TPSA) is 81.4 Å². The van der Waals surface area contributed by atoms with Gasteiger partial charge >= 0.3 is 0 Å². The van der Waals surface area contributed by atoms with Crippen LogP contribution in [0.4, 0.5) is 4.79 Å². The van der Waals surface area contributed by atoms with Crippen molar-refractivity contribution >= 4 is 22.9 Å². The van der Waals surface area contributed by atoms with Crippen molar-refractivity contribution in [3.8, 4) is 11.5 Å². The molecule has 33 heavy (non-hydrogen) atoms. The number of benzene rings is 1. The van der Waals surface area contributed by atoms with E-state index in [2.05, 4.69) is 50.4 Å². The Hall–Kier alpha value is -2.12. The molecule has 2 aromatic rings. The number of rotatable bonds is 9. The number of nitrogens with zero attached hydrogens (tertiary/aromatic N) is 1. The zero-order valence-electron chi connectivity index (χ0n) is 19.8. The zero-order chi connectivity index (χ0) is 23.4. The minimum atomic E-state index is -0.228. The molecule has 1 aliphatic carbocycles. The van der Waals surface area contributed by atoms with E-state index in [1.807, 2.05) is 0 Å². The summed E-state index contributed by atoms with van der Waals surface area (Å²) in [5.74, 6) is 2.44. The number of amides is 2. The number of nitrogens with one attached hydrogen (secondary N) is 1. The van der Waals surface area contributed by atoms with Crippen molar-refractivity contribution in [1.29, 1.82) is 0 Å². The molecule has 6 nitrogen and oxygen atoms in total. The minimum Gasteiger partial charge on any atom is -0.441 e. The zero-order valence-corrected chi connectivity index (χ0v) is 20.6. The maximum Gasteiger partial charge on any atom is 0.286 e. The predicted molar refractivity (Wildman–Crippen MR) is 130 cm³/mol. The minimum absolute atomic E-state index is 0.138. The Bertz CT molecular complexity index is 969. The largest absolute Gasteiger partial charge is 0.441 e. The Morgan fingerprint density at radius 3 is 2.64 bits per heavy atom. The maximum absolute atomic E-state index is 11.8. The second-order valence-corrected chi connectivity index (χ2v) is 10.6. The molecule has 1 saturated carbocycles. The Kier molecular flexibility index (Phi) is 7.91. The molecule has 2 unspecified atom stereocenters. The van der Waals surface area contributed by atoms with Crippen LogP contribution in [0.15, 0.2) is 28.7 Å². The highest BCUT2D eigenvalue weighted by Gasteiger charge is 2.32. The van der Waals surface area contributed by atoms with Crippen LogP contribution in [0.1, 0.15) is 82.2 Å². The Labute approximate surface area is 200 Å². The Morgan fingerprint density at radius 2 is 1.97 bits per heavy atom. The van der Waals surface area contributed by atoms with Crippen molar-refractivity contribution in [2.24, 2.45) is 5.92 Å². The first-order valence-corrected chi connectivity index (χ1v) is 13.0. The second kappa shape index (κ2) is 10.9. The first-order chi connectivity index (χ1) is 15.9. The number of aromatic nitrogens is 1. The normalized spacial score (nSPS) is 23.3. The lowest BCUT2D eigenvalue weighted by atomic mass is 9.84. The van der Waals surface area contributed by atoms with E-state index in [1.165, 1.54) is 5.56 Å². The van der Waals surface area contributed by atoms with Crippen molar-refractivity contribution in [1.82, 2.24) is 10.3 Å². The highest BCUT2D eigenvalue weighted by Crippen LogP contribution is 2.33. The lowest BCUT2D eigenvalue weighted by Gasteiger charge is -2.29. The van der Waals surface area contributed by atoms with E-state index in [4.69, 9.17) is 14.1 Å². The van der Waals surface area contributed by atoms with Gasteiger partial charge in [0.05, 0.1) is 18.0 Å². The molecule has 1 saturated heterocycles. The third-order valence-electron chi connectivity index (χ3n) is 6.72. The van der Waals surface area contributed by atoms with E-state index in [1.54, 1.807) is 0 Å². The molecule has 1 N–H and O–H groups in total. The summed E-state index contributed by atoms with van der Waals surface area (Å²) in [6.45, 7) is 6.91. The van der Waals surface area contributed by atoms with Gasteiger partial charge in [-0.3, -0.25) is 14.9 Å². The van der Waals surface area contributed by atoms with E-state index >= 15 is 0 Å². The number of carbonyl (C=O) groups excluding carboxylic acids is 2. The quantitative estimate of drug-likeness (QED) is 0.467. The van der Waals surface area contributed by atoms with Gasteiger partial charge < -0.3 is 9.15 Å². The molecule has 2 heterocycles. The van der Waals surface area contributed by atoms with E-state index in [-0.39, 0.29) is 22.5 Å². The fourth-order valence-corrected chi connectivity index (χ4v) is 5.57. The van der Waals surface area contributed by atoms with Gasteiger partial charge in [0, 0.05) is 12.0 Å². The van der Waals surface area contributed by atoms with Crippen molar-refractivity contribution < 1.29 is 18.7 Å². The summed E-state index contributed by atoms with van der Waals surface area (Å²) < 4.78 is 12.4. The summed E-state index contributed by atoms with van der Waals surface area (Å²) >= 11 is 1.13. The van der Waals surface area contributed by atoms with E-state index in [9.17, 15) is 9.59 Å². The van der Waals surface area contributed by atoms with Crippen LogP contribution < -0.4 is 5.32 Å². The monoisotopic (exact) mass is 470 g/mol. The van der Waals surface area contributed by atoms with Crippen LogP contribution in [0, 0.1) is 5.92 Å². The summed E-state index contributed by atoms with van der Waals surface area (Å²) in [6, 6.07) is 8.43. The van der Waals surface area contributed by atoms with Gasteiger partial charge in [-0.2, -0.15) is 0 Å². The summed E-state index contributed by atoms with van der Waals surface area (Å²) in [4.78, 5) is 27.9. The van der Waals surface area contributed by atoms with Crippen molar-refractivity contribution in [2.45, 2.75) is 89.6 Å².